The van der Waals surface area contributed by atoms with Crippen LogP contribution in [0.2, 0.25) is 0 Å². The molecule has 0 amide bonds. The van der Waals surface area contributed by atoms with Crippen LogP contribution in [0.25, 0.3) is 0 Å². The molecule has 0 aromatic heterocycles. The standard InChI is InChI=1S/C23H24ClF3N2S/c1-2-9-20-17(10-8-15-29(20)18-11-4-3-5-12-18)16-28-19-13-6-7-14-21(19)30-23(26,27)22(24)25/h3-8,10-14,22,28H,2,9,15-16H2,1H3. The summed E-state index contributed by atoms with van der Waals surface area (Å²) in [5.74, 6) is 0. The number of hydrogen-bond acceptors (Lipinski definition) is 3. The van der Waals surface area contributed by atoms with E-state index in [-0.39, 0.29) is 16.7 Å². The highest BCUT2D eigenvalue weighted by Crippen LogP contribution is 2.44. The number of nitrogens with zero attached hydrogens (tertiary/aromatic N) is 1. The maximum absolute atomic E-state index is 13.8. The molecule has 1 aliphatic heterocycles. The average molecular weight is 453 g/mol. The largest absolute Gasteiger partial charge is 0.380 e. The highest BCUT2D eigenvalue weighted by atomic mass is 35.5. The van der Waals surface area contributed by atoms with Gasteiger partial charge in [0.15, 0.2) is 0 Å². The molecule has 7 heteroatoms. The summed E-state index contributed by atoms with van der Waals surface area (Å²) in [4.78, 5) is 2.53. The number of nitrogens with one attached hydrogen (secondary N) is 1. The van der Waals surface area contributed by atoms with Crippen molar-refractivity contribution in [1.29, 1.82) is 0 Å². The second-order valence-electron chi connectivity index (χ2n) is 6.88. The molecule has 2 aromatic carbocycles. The minimum atomic E-state index is -3.71. The van der Waals surface area contributed by atoms with Crippen molar-refractivity contribution in [2.24, 2.45) is 0 Å². The highest BCUT2D eigenvalue weighted by Gasteiger charge is 2.40. The summed E-state index contributed by atoms with van der Waals surface area (Å²) in [5, 5.41) is -0.458. The van der Waals surface area contributed by atoms with E-state index in [0.29, 0.717) is 12.2 Å². The third-order valence-corrected chi connectivity index (χ3v) is 6.17. The Morgan fingerprint density at radius 2 is 1.83 bits per heavy atom. The zero-order valence-corrected chi connectivity index (χ0v) is 18.2. The number of thioether (sulfide) groups is 1. The molecule has 1 atom stereocenters. The molecular formula is C23H24ClF3N2S. The predicted molar refractivity (Wildman–Crippen MR) is 121 cm³/mol. The second kappa shape index (κ2) is 10.3. The summed E-state index contributed by atoms with van der Waals surface area (Å²) >= 11 is 5.15. The van der Waals surface area contributed by atoms with Gasteiger partial charge < -0.3 is 10.2 Å². The molecule has 0 saturated carbocycles. The number of halogens is 4. The van der Waals surface area contributed by atoms with E-state index in [1.165, 1.54) is 11.8 Å². The molecule has 30 heavy (non-hydrogen) atoms. The van der Waals surface area contributed by atoms with Gasteiger partial charge in [0.2, 0.25) is 5.63 Å². The first kappa shape index (κ1) is 22.6. The predicted octanol–water partition coefficient (Wildman–Crippen LogP) is 7.45. The molecule has 1 unspecified atom stereocenters. The lowest BCUT2D eigenvalue weighted by atomic mass is 10.0. The lowest BCUT2D eigenvalue weighted by molar-refractivity contribution is 0.0537. The van der Waals surface area contributed by atoms with Crippen molar-refractivity contribution in [1.82, 2.24) is 0 Å². The first-order valence-corrected chi connectivity index (χ1v) is 11.1. The molecule has 0 spiro atoms. The summed E-state index contributed by atoms with van der Waals surface area (Å²) in [6.45, 7) is 3.39. The zero-order valence-electron chi connectivity index (χ0n) is 16.6. The van der Waals surface area contributed by atoms with Crippen molar-refractivity contribution in [3.05, 3.63) is 78.0 Å². The van der Waals surface area contributed by atoms with Crippen molar-refractivity contribution in [2.75, 3.05) is 23.3 Å². The van der Waals surface area contributed by atoms with Crippen LogP contribution in [0, 0.1) is 0 Å². The van der Waals surface area contributed by atoms with E-state index < -0.39 is 10.9 Å². The van der Waals surface area contributed by atoms with Crippen LogP contribution >= 0.6 is 23.4 Å². The number of anilines is 2. The number of benzene rings is 2. The number of rotatable bonds is 9. The topological polar surface area (TPSA) is 15.3 Å². The van der Waals surface area contributed by atoms with Gasteiger partial charge in [-0.15, -0.1) is 0 Å². The van der Waals surface area contributed by atoms with E-state index in [1.807, 2.05) is 18.2 Å². The van der Waals surface area contributed by atoms with Crippen LogP contribution in [-0.2, 0) is 0 Å². The number of para-hydroxylation sites is 2. The molecule has 3 rings (SSSR count). The van der Waals surface area contributed by atoms with E-state index in [1.54, 1.807) is 18.2 Å². The molecule has 0 radical (unpaired) electrons. The maximum atomic E-state index is 13.8. The monoisotopic (exact) mass is 452 g/mol. The van der Waals surface area contributed by atoms with E-state index in [9.17, 15) is 13.2 Å². The Hall–Kier alpha value is -2.05. The van der Waals surface area contributed by atoms with Gasteiger partial charge in [0, 0.05) is 35.1 Å². The normalized spacial score (nSPS) is 15.4. The lowest BCUT2D eigenvalue weighted by Crippen LogP contribution is -2.28. The Labute approximate surface area is 184 Å². The van der Waals surface area contributed by atoms with Crippen molar-refractivity contribution in [2.45, 2.75) is 35.5 Å². The van der Waals surface area contributed by atoms with Crippen LogP contribution in [0.15, 0.2) is 82.9 Å². The van der Waals surface area contributed by atoms with Gasteiger partial charge in [-0.05, 0) is 48.0 Å². The van der Waals surface area contributed by atoms with Gasteiger partial charge in [-0.2, -0.15) is 8.78 Å². The summed E-state index contributed by atoms with van der Waals surface area (Å²) < 4.78 is 40.7. The minimum absolute atomic E-state index is 0.128. The number of alkyl halides is 4. The van der Waals surface area contributed by atoms with Crippen LogP contribution in [0.3, 0.4) is 0 Å². The van der Waals surface area contributed by atoms with Crippen molar-refractivity contribution in [3.8, 4) is 0 Å². The first-order chi connectivity index (χ1) is 14.4. The third-order valence-electron chi connectivity index (χ3n) is 4.71. The quantitative estimate of drug-likeness (QED) is 0.314. The van der Waals surface area contributed by atoms with Crippen LogP contribution in [-0.4, -0.2) is 24.0 Å². The fourth-order valence-electron chi connectivity index (χ4n) is 3.33. The fourth-order valence-corrected chi connectivity index (χ4v) is 4.24. The van der Waals surface area contributed by atoms with E-state index in [0.717, 1.165) is 30.6 Å². The molecule has 160 valence electrons. The van der Waals surface area contributed by atoms with Gasteiger partial charge in [0.1, 0.15) is 0 Å². The van der Waals surface area contributed by atoms with Crippen molar-refractivity contribution < 1.29 is 13.2 Å². The van der Waals surface area contributed by atoms with Crippen LogP contribution in [0.5, 0.6) is 0 Å². The minimum Gasteiger partial charge on any atom is -0.380 e. The van der Waals surface area contributed by atoms with Crippen molar-refractivity contribution >= 4 is 34.7 Å². The van der Waals surface area contributed by atoms with E-state index in [2.05, 4.69) is 41.4 Å². The zero-order chi connectivity index (χ0) is 21.6. The molecule has 0 fully saturated rings. The number of allylic oxidation sites excluding steroid dienone is 1. The first-order valence-electron chi connectivity index (χ1n) is 9.81. The Bertz CT molecular complexity index is 900. The Balaban J connectivity index is 1.82. The molecule has 0 saturated heterocycles. The van der Waals surface area contributed by atoms with Crippen molar-refractivity contribution in [3.63, 3.8) is 0 Å². The van der Waals surface area contributed by atoms with Crippen LogP contribution in [0.4, 0.5) is 24.5 Å². The maximum Gasteiger partial charge on any atom is 0.342 e. The van der Waals surface area contributed by atoms with Gasteiger partial charge in [0.25, 0.3) is 0 Å². The molecule has 0 bridgehead atoms. The highest BCUT2D eigenvalue weighted by molar-refractivity contribution is 8.00. The average Bonchev–Trinajstić information content (AvgIpc) is 2.74. The van der Waals surface area contributed by atoms with E-state index in [4.69, 9.17) is 11.6 Å². The summed E-state index contributed by atoms with van der Waals surface area (Å²) in [6, 6.07) is 16.8. The van der Waals surface area contributed by atoms with Gasteiger partial charge in [-0.25, -0.2) is 4.39 Å². The summed E-state index contributed by atoms with van der Waals surface area (Å²) in [5.41, 5.74) is 1.19. The van der Waals surface area contributed by atoms with Gasteiger partial charge >= 0.3 is 5.25 Å². The molecule has 2 aromatic rings. The Morgan fingerprint density at radius 3 is 2.53 bits per heavy atom. The van der Waals surface area contributed by atoms with Gasteiger partial charge in [0.05, 0.1) is 0 Å². The molecule has 1 N–H and O–H groups in total. The lowest BCUT2D eigenvalue weighted by Gasteiger charge is -2.31. The van der Waals surface area contributed by atoms with Gasteiger partial charge in [-0.1, -0.05) is 67.4 Å². The summed E-state index contributed by atoms with van der Waals surface area (Å²) in [7, 11) is 0. The Morgan fingerprint density at radius 1 is 1.13 bits per heavy atom. The van der Waals surface area contributed by atoms with Crippen LogP contribution in [0.1, 0.15) is 19.8 Å². The van der Waals surface area contributed by atoms with Gasteiger partial charge in [-0.3, -0.25) is 0 Å². The SMILES string of the molecule is CCCC1=C(CNc2ccccc2SC(F)(F)C(F)Cl)C=CCN1c1ccccc1. The smallest absolute Gasteiger partial charge is 0.342 e. The molecule has 0 aliphatic carbocycles. The summed E-state index contributed by atoms with van der Waals surface area (Å²) in [6.07, 6.45) is 6.07. The third kappa shape index (κ3) is 5.55. The molecular weight excluding hydrogens is 429 g/mol. The van der Waals surface area contributed by atoms with Crippen LogP contribution < -0.4 is 10.2 Å². The fraction of sp³-hybridized carbons (Fsp3) is 0.304. The second-order valence-corrected chi connectivity index (χ2v) is 8.46. The molecule has 1 aliphatic rings. The number of hydrogen-bond donors (Lipinski definition) is 1. The molecule has 1 heterocycles. The van der Waals surface area contributed by atoms with E-state index >= 15 is 0 Å². The molecule has 2 nitrogen and oxygen atoms in total. The Kier molecular flexibility index (Phi) is 7.78.